The van der Waals surface area contributed by atoms with Crippen molar-refractivity contribution in [3.63, 3.8) is 0 Å². The van der Waals surface area contributed by atoms with Crippen LogP contribution in [-0.4, -0.2) is 18.5 Å². The Labute approximate surface area is 148 Å². The molecule has 4 nitrogen and oxygen atoms in total. The summed E-state index contributed by atoms with van der Waals surface area (Å²) in [5, 5.41) is 0. The molecule has 0 bridgehead atoms. The maximum atomic E-state index is 12.0. The van der Waals surface area contributed by atoms with Gasteiger partial charge in [0, 0.05) is 11.6 Å². The van der Waals surface area contributed by atoms with Gasteiger partial charge >= 0.3 is 5.97 Å². The monoisotopic (exact) mass is 339 g/mol. The van der Waals surface area contributed by atoms with Crippen molar-refractivity contribution >= 4 is 11.9 Å². The minimum absolute atomic E-state index is 0.279. The van der Waals surface area contributed by atoms with Crippen LogP contribution in [0.2, 0.25) is 0 Å². The molecule has 0 aromatic rings. The molecule has 0 aromatic heterocycles. The highest BCUT2D eigenvalue weighted by molar-refractivity contribution is 5.97. The molecule has 0 saturated carbocycles. The van der Waals surface area contributed by atoms with Crippen molar-refractivity contribution in [2.45, 2.75) is 91.4 Å². The van der Waals surface area contributed by atoms with E-state index < -0.39 is 11.9 Å². The number of esters is 1. The van der Waals surface area contributed by atoms with Crippen LogP contribution in [0, 0.1) is 5.92 Å². The Bertz CT molecular complexity index is 375. The molecule has 4 heteroatoms. The van der Waals surface area contributed by atoms with Crippen LogP contribution in [0.5, 0.6) is 0 Å². The fourth-order valence-electron chi connectivity index (χ4n) is 2.54. The topological polar surface area (TPSA) is 69.4 Å². The van der Waals surface area contributed by atoms with Gasteiger partial charge in [0.25, 0.3) is 0 Å². The van der Waals surface area contributed by atoms with Gasteiger partial charge in [0.1, 0.15) is 0 Å². The van der Waals surface area contributed by atoms with Gasteiger partial charge in [-0.2, -0.15) is 0 Å². The van der Waals surface area contributed by atoms with E-state index in [0.29, 0.717) is 18.6 Å². The second kappa shape index (κ2) is 15.2. The van der Waals surface area contributed by atoms with Crippen LogP contribution >= 0.6 is 0 Å². The molecule has 0 unspecified atom stereocenters. The molecule has 0 heterocycles. The fraction of sp³-hybridized carbons (Fsp3) is 0.800. The average molecular weight is 340 g/mol. The largest absolute Gasteiger partial charge is 0.462 e. The first-order chi connectivity index (χ1) is 11.5. The first-order valence-corrected chi connectivity index (χ1v) is 9.64. The number of hydrogen-bond acceptors (Lipinski definition) is 3. The summed E-state index contributed by atoms with van der Waals surface area (Å²) in [6.45, 7) is 6.56. The Balaban J connectivity index is 3.88. The van der Waals surface area contributed by atoms with Crippen LogP contribution in [0.3, 0.4) is 0 Å². The number of hydrogen-bond donors (Lipinski definition) is 1. The van der Waals surface area contributed by atoms with Crippen LogP contribution in [0.15, 0.2) is 11.6 Å². The summed E-state index contributed by atoms with van der Waals surface area (Å²) in [4.78, 5) is 23.0. The average Bonchev–Trinajstić information content (AvgIpc) is 2.52. The quantitative estimate of drug-likeness (QED) is 0.262. The summed E-state index contributed by atoms with van der Waals surface area (Å²) >= 11 is 0. The molecule has 0 rings (SSSR count). The normalized spacial score (nSPS) is 11.8. The number of carbonyl (C=O) groups excluding carboxylic acids is 2. The summed E-state index contributed by atoms with van der Waals surface area (Å²) in [5.74, 6) is -0.710. The molecule has 2 N–H and O–H groups in total. The molecular weight excluding hydrogens is 302 g/mol. The number of primary amides is 1. The third kappa shape index (κ3) is 14.3. The van der Waals surface area contributed by atoms with Crippen molar-refractivity contribution < 1.29 is 14.3 Å². The van der Waals surface area contributed by atoms with E-state index in [-0.39, 0.29) is 5.92 Å². The van der Waals surface area contributed by atoms with Gasteiger partial charge in [-0.3, -0.25) is 4.79 Å². The van der Waals surface area contributed by atoms with E-state index >= 15 is 0 Å². The zero-order chi connectivity index (χ0) is 18.2. The number of amides is 1. The highest BCUT2D eigenvalue weighted by Crippen LogP contribution is 2.15. The minimum Gasteiger partial charge on any atom is -0.462 e. The molecule has 0 radical (unpaired) electrons. The lowest BCUT2D eigenvalue weighted by Crippen LogP contribution is -2.16. The molecule has 0 aliphatic rings. The first-order valence-electron chi connectivity index (χ1n) is 9.64. The SMILES string of the molecule is CCCCCCCCCCCCC(=CC(N)=O)C(=O)OCC(C)C. The van der Waals surface area contributed by atoms with Crippen molar-refractivity contribution in [1.82, 2.24) is 0 Å². The molecule has 0 atom stereocenters. The van der Waals surface area contributed by atoms with E-state index in [4.69, 9.17) is 10.5 Å². The lowest BCUT2D eigenvalue weighted by atomic mass is 10.0. The fourth-order valence-corrected chi connectivity index (χ4v) is 2.54. The van der Waals surface area contributed by atoms with Crippen LogP contribution in [0.1, 0.15) is 91.4 Å². The van der Waals surface area contributed by atoms with E-state index in [9.17, 15) is 9.59 Å². The summed E-state index contributed by atoms with van der Waals surface area (Å²) < 4.78 is 5.19. The summed E-state index contributed by atoms with van der Waals surface area (Å²) in [6.07, 6.45) is 14.1. The van der Waals surface area contributed by atoms with Crippen LogP contribution in [0.25, 0.3) is 0 Å². The number of unbranched alkanes of at least 4 members (excludes halogenated alkanes) is 9. The van der Waals surface area contributed by atoms with Gasteiger partial charge in [-0.25, -0.2) is 4.79 Å². The van der Waals surface area contributed by atoms with Gasteiger partial charge in [0.05, 0.1) is 6.61 Å². The Hall–Kier alpha value is -1.32. The molecule has 1 amide bonds. The second-order valence-electron chi connectivity index (χ2n) is 7.00. The first kappa shape index (κ1) is 22.7. The Morgan fingerprint density at radius 3 is 1.88 bits per heavy atom. The molecule has 0 aliphatic carbocycles. The third-order valence-corrected chi connectivity index (χ3v) is 3.93. The van der Waals surface area contributed by atoms with E-state index in [2.05, 4.69) is 6.92 Å². The highest BCUT2D eigenvalue weighted by atomic mass is 16.5. The van der Waals surface area contributed by atoms with Gasteiger partial charge in [0.2, 0.25) is 5.91 Å². The van der Waals surface area contributed by atoms with Crippen molar-refractivity contribution in [3.8, 4) is 0 Å². The van der Waals surface area contributed by atoms with Gasteiger partial charge in [-0.05, 0) is 18.8 Å². The van der Waals surface area contributed by atoms with Crippen LogP contribution in [0.4, 0.5) is 0 Å². The molecule has 0 spiro atoms. The van der Waals surface area contributed by atoms with Crippen molar-refractivity contribution in [1.29, 1.82) is 0 Å². The summed E-state index contributed by atoms with van der Waals surface area (Å²) in [5.41, 5.74) is 5.59. The number of ether oxygens (including phenoxy) is 1. The Kier molecular flexibility index (Phi) is 14.4. The van der Waals surface area contributed by atoms with Gasteiger partial charge < -0.3 is 10.5 Å². The smallest absolute Gasteiger partial charge is 0.334 e. The third-order valence-electron chi connectivity index (χ3n) is 3.93. The maximum absolute atomic E-state index is 12.0. The van der Waals surface area contributed by atoms with Crippen molar-refractivity contribution in [3.05, 3.63) is 11.6 Å². The highest BCUT2D eigenvalue weighted by Gasteiger charge is 2.12. The zero-order valence-electron chi connectivity index (χ0n) is 15.9. The van der Waals surface area contributed by atoms with Gasteiger partial charge in [0.15, 0.2) is 0 Å². The standard InChI is InChI=1S/C20H37NO3/c1-4-5-6-7-8-9-10-11-12-13-14-18(15-19(21)22)20(23)24-16-17(2)3/h15,17H,4-14,16H2,1-3H3,(H2,21,22). The second-order valence-corrected chi connectivity index (χ2v) is 7.00. The molecule has 0 fully saturated rings. The molecule has 140 valence electrons. The molecule has 0 saturated heterocycles. The number of nitrogens with two attached hydrogens (primary N) is 1. The predicted molar refractivity (Wildman–Crippen MR) is 99.5 cm³/mol. The number of carbonyl (C=O) groups is 2. The zero-order valence-corrected chi connectivity index (χ0v) is 15.9. The lowest BCUT2D eigenvalue weighted by molar-refractivity contribution is -0.140. The van der Waals surface area contributed by atoms with E-state index in [1.807, 2.05) is 13.8 Å². The Morgan fingerprint density at radius 2 is 1.42 bits per heavy atom. The lowest BCUT2D eigenvalue weighted by Gasteiger charge is -2.10. The predicted octanol–water partition coefficient (Wildman–Crippen LogP) is 4.91. The number of rotatable bonds is 15. The van der Waals surface area contributed by atoms with Crippen LogP contribution < -0.4 is 5.73 Å². The van der Waals surface area contributed by atoms with E-state index in [1.165, 1.54) is 57.4 Å². The van der Waals surface area contributed by atoms with Crippen molar-refractivity contribution in [2.24, 2.45) is 11.7 Å². The van der Waals surface area contributed by atoms with Crippen molar-refractivity contribution in [2.75, 3.05) is 6.61 Å². The van der Waals surface area contributed by atoms with Crippen LogP contribution in [-0.2, 0) is 14.3 Å². The molecular formula is C20H37NO3. The van der Waals surface area contributed by atoms with E-state index in [1.54, 1.807) is 0 Å². The Morgan fingerprint density at radius 1 is 0.917 bits per heavy atom. The van der Waals surface area contributed by atoms with E-state index in [0.717, 1.165) is 12.8 Å². The van der Waals surface area contributed by atoms with Gasteiger partial charge in [-0.1, -0.05) is 78.6 Å². The minimum atomic E-state index is -0.585. The maximum Gasteiger partial charge on any atom is 0.334 e. The molecule has 0 aromatic carbocycles. The molecule has 0 aliphatic heterocycles. The summed E-state index contributed by atoms with van der Waals surface area (Å²) in [7, 11) is 0. The summed E-state index contributed by atoms with van der Waals surface area (Å²) in [6, 6.07) is 0. The van der Waals surface area contributed by atoms with Gasteiger partial charge in [-0.15, -0.1) is 0 Å². The molecule has 24 heavy (non-hydrogen) atoms.